The summed E-state index contributed by atoms with van der Waals surface area (Å²) in [7, 11) is 0. The lowest BCUT2D eigenvalue weighted by Gasteiger charge is -2.21. The van der Waals surface area contributed by atoms with E-state index < -0.39 is 0 Å². The number of aromatic nitrogens is 1. The first-order chi connectivity index (χ1) is 11.7. The molecule has 4 nitrogen and oxygen atoms in total. The second kappa shape index (κ2) is 7.86. The third kappa shape index (κ3) is 4.07. The topological polar surface area (TPSA) is 54.1 Å². The molecule has 3 rings (SSSR count). The first kappa shape index (κ1) is 16.4. The van der Waals surface area contributed by atoms with Crippen molar-refractivity contribution >= 4 is 16.9 Å². The number of hydrogen-bond acceptors (Lipinski definition) is 3. The first-order valence-corrected chi connectivity index (χ1v) is 8.49. The van der Waals surface area contributed by atoms with E-state index in [1.165, 1.54) is 29.0 Å². The number of fused-ring (bicyclic) bond motifs is 1. The molecule has 1 aromatic carbocycles. The molecule has 0 spiro atoms. The molecule has 24 heavy (non-hydrogen) atoms. The van der Waals surface area contributed by atoms with Gasteiger partial charge in [0.15, 0.2) is 0 Å². The molecule has 1 aliphatic carbocycles. The predicted octanol–water partition coefficient (Wildman–Crippen LogP) is 3.71. The van der Waals surface area contributed by atoms with E-state index in [2.05, 4.69) is 53.0 Å². The van der Waals surface area contributed by atoms with E-state index >= 15 is 0 Å². The highest BCUT2D eigenvalue weighted by molar-refractivity contribution is 5.83. The fraction of sp³-hybridized carbons (Fsp3) is 0.350. The van der Waals surface area contributed by atoms with Gasteiger partial charge in [0.1, 0.15) is 0 Å². The molecule has 0 aliphatic heterocycles. The highest BCUT2D eigenvalue weighted by Gasteiger charge is 2.16. The minimum Gasteiger partial charge on any atom is -0.465 e. The van der Waals surface area contributed by atoms with Crippen molar-refractivity contribution in [3.8, 4) is 0 Å². The van der Waals surface area contributed by atoms with Crippen LogP contribution in [0, 0.1) is 5.92 Å². The number of ether oxygens (including phenoxy) is 1. The van der Waals surface area contributed by atoms with Gasteiger partial charge in [-0.1, -0.05) is 30.4 Å². The number of carbonyl (C=O) groups is 1. The van der Waals surface area contributed by atoms with Gasteiger partial charge >= 0.3 is 5.97 Å². The van der Waals surface area contributed by atoms with Gasteiger partial charge in [0.25, 0.3) is 0 Å². The highest BCUT2D eigenvalue weighted by atomic mass is 16.5. The number of para-hydroxylation sites is 1. The molecule has 126 valence electrons. The molecule has 0 bridgehead atoms. The van der Waals surface area contributed by atoms with Gasteiger partial charge < -0.3 is 15.0 Å². The summed E-state index contributed by atoms with van der Waals surface area (Å²) in [5.41, 5.74) is 3.82. The normalized spacial score (nSPS) is 18.9. The number of H-pyrrole nitrogens is 1. The zero-order valence-electron chi connectivity index (χ0n) is 14.0. The van der Waals surface area contributed by atoms with Crippen LogP contribution in [-0.2, 0) is 16.0 Å². The summed E-state index contributed by atoms with van der Waals surface area (Å²) in [6.45, 7) is 2.81. The van der Waals surface area contributed by atoms with Gasteiger partial charge in [-0.3, -0.25) is 4.79 Å². The van der Waals surface area contributed by atoms with Gasteiger partial charge in [0.05, 0.1) is 6.61 Å². The van der Waals surface area contributed by atoms with Crippen LogP contribution in [0.3, 0.4) is 0 Å². The molecule has 1 atom stereocenters. The van der Waals surface area contributed by atoms with E-state index in [-0.39, 0.29) is 5.97 Å². The molecular weight excluding hydrogens is 300 g/mol. The Morgan fingerprint density at radius 3 is 3.12 bits per heavy atom. The second-order valence-corrected chi connectivity index (χ2v) is 6.19. The molecule has 2 N–H and O–H groups in total. The molecule has 1 aliphatic rings. The van der Waals surface area contributed by atoms with Crippen LogP contribution in [0.25, 0.3) is 10.9 Å². The smallest absolute Gasteiger partial charge is 0.302 e. The molecule has 0 radical (unpaired) electrons. The summed E-state index contributed by atoms with van der Waals surface area (Å²) in [6.07, 6.45) is 11.4. The Kier molecular flexibility index (Phi) is 5.36. The number of carbonyl (C=O) groups excluding carboxylic acids is 1. The Balaban J connectivity index is 1.54. The summed E-state index contributed by atoms with van der Waals surface area (Å²) >= 11 is 0. The summed E-state index contributed by atoms with van der Waals surface area (Å²) in [4.78, 5) is 14.3. The van der Waals surface area contributed by atoms with E-state index in [0.717, 1.165) is 25.8 Å². The van der Waals surface area contributed by atoms with E-state index in [9.17, 15) is 4.79 Å². The van der Waals surface area contributed by atoms with Crippen LogP contribution >= 0.6 is 0 Å². The minimum atomic E-state index is -0.212. The average Bonchev–Trinajstić information content (AvgIpc) is 3.01. The number of aromatic amines is 1. The van der Waals surface area contributed by atoms with Crippen LogP contribution in [0.1, 0.15) is 25.3 Å². The zero-order valence-corrected chi connectivity index (χ0v) is 14.0. The van der Waals surface area contributed by atoms with Gasteiger partial charge in [0.2, 0.25) is 0 Å². The van der Waals surface area contributed by atoms with Crippen molar-refractivity contribution in [1.29, 1.82) is 0 Å². The summed E-state index contributed by atoms with van der Waals surface area (Å²) in [6, 6.07) is 8.37. The number of esters is 1. The number of rotatable bonds is 6. The largest absolute Gasteiger partial charge is 0.465 e. The van der Waals surface area contributed by atoms with Gasteiger partial charge in [0, 0.05) is 36.5 Å². The molecular formula is C20H24N2O2. The number of benzene rings is 1. The molecule has 0 unspecified atom stereocenters. The maximum Gasteiger partial charge on any atom is 0.302 e. The Hall–Kier alpha value is -2.49. The van der Waals surface area contributed by atoms with E-state index in [1.807, 2.05) is 6.07 Å². The monoisotopic (exact) mass is 324 g/mol. The summed E-state index contributed by atoms with van der Waals surface area (Å²) in [5.74, 6) is 0.0793. The summed E-state index contributed by atoms with van der Waals surface area (Å²) < 4.78 is 5.18. The van der Waals surface area contributed by atoms with E-state index in [1.54, 1.807) is 0 Å². The lowest BCUT2D eigenvalue weighted by atomic mass is 9.90. The number of hydrogen-bond donors (Lipinski definition) is 2. The lowest BCUT2D eigenvalue weighted by Crippen LogP contribution is -2.19. The summed E-state index contributed by atoms with van der Waals surface area (Å²) in [5, 5.41) is 4.72. The first-order valence-electron chi connectivity index (χ1n) is 8.49. The van der Waals surface area contributed by atoms with E-state index in [0.29, 0.717) is 12.5 Å². The third-order valence-corrected chi connectivity index (χ3v) is 4.45. The molecule has 0 saturated carbocycles. The number of allylic oxidation sites excluding steroid dienone is 2. The minimum absolute atomic E-state index is 0.212. The van der Waals surface area contributed by atoms with Crippen molar-refractivity contribution in [2.45, 2.75) is 26.2 Å². The van der Waals surface area contributed by atoms with Gasteiger partial charge in [-0.05, 0) is 42.7 Å². The molecule has 4 heteroatoms. The quantitative estimate of drug-likeness (QED) is 0.484. The maximum atomic E-state index is 11.0. The Labute approximate surface area is 142 Å². The second-order valence-electron chi connectivity index (χ2n) is 6.19. The van der Waals surface area contributed by atoms with Crippen LogP contribution in [0.5, 0.6) is 0 Å². The molecule has 2 aromatic rings. The van der Waals surface area contributed by atoms with Crippen molar-refractivity contribution in [3.05, 3.63) is 60.0 Å². The zero-order chi connectivity index (χ0) is 16.8. The van der Waals surface area contributed by atoms with Gasteiger partial charge in [-0.2, -0.15) is 0 Å². The Morgan fingerprint density at radius 1 is 1.38 bits per heavy atom. The van der Waals surface area contributed by atoms with Crippen molar-refractivity contribution in [3.63, 3.8) is 0 Å². The van der Waals surface area contributed by atoms with Gasteiger partial charge in [-0.25, -0.2) is 0 Å². The average molecular weight is 324 g/mol. The third-order valence-electron chi connectivity index (χ3n) is 4.45. The highest BCUT2D eigenvalue weighted by Crippen LogP contribution is 2.24. The molecule has 0 saturated heterocycles. The van der Waals surface area contributed by atoms with E-state index in [4.69, 9.17) is 4.74 Å². The van der Waals surface area contributed by atoms with Crippen LogP contribution in [0.2, 0.25) is 0 Å². The number of nitrogens with one attached hydrogen (secondary N) is 2. The van der Waals surface area contributed by atoms with Crippen LogP contribution in [0.15, 0.2) is 54.4 Å². The van der Waals surface area contributed by atoms with Crippen molar-refractivity contribution in [2.24, 2.45) is 5.92 Å². The van der Waals surface area contributed by atoms with Crippen LogP contribution < -0.4 is 5.32 Å². The standard InChI is InChI=1S/C20H24N2O2/c1-15(23)24-14-18-7-3-2-6-16(18)12-21-11-10-17-13-22-20-9-5-4-8-19(17)20/h2-5,8-9,12-13,18,21-22H,6-7,10-11,14H2,1H3/b16-12+/t18-/m0/s1. The van der Waals surface area contributed by atoms with Crippen LogP contribution in [-0.4, -0.2) is 24.1 Å². The molecule has 0 fully saturated rings. The molecule has 1 aromatic heterocycles. The van der Waals surface area contributed by atoms with Crippen LogP contribution in [0.4, 0.5) is 0 Å². The molecule has 0 amide bonds. The van der Waals surface area contributed by atoms with Crippen molar-refractivity contribution in [2.75, 3.05) is 13.2 Å². The van der Waals surface area contributed by atoms with Crippen molar-refractivity contribution < 1.29 is 9.53 Å². The Bertz CT molecular complexity index is 758. The fourth-order valence-corrected chi connectivity index (χ4v) is 3.12. The Morgan fingerprint density at radius 2 is 2.25 bits per heavy atom. The maximum absolute atomic E-state index is 11.0. The fourth-order valence-electron chi connectivity index (χ4n) is 3.12. The predicted molar refractivity (Wildman–Crippen MR) is 96.6 cm³/mol. The van der Waals surface area contributed by atoms with Gasteiger partial charge in [-0.15, -0.1) is 0 Å². The van der Waals surface area contributed by atoms with Crippen molar-refractivity contribution in [1.82, 2.24) is 10.3 Å². The molecule has 1 heterocycles. The SMILES string of the molecule is CC(=O)OC[C@@H]1CC=CC/C1=C\NCCc1c[nH]c2ccccc12. The lowest BCUT2D eigenvalue weighted by molar-refractivity contribution is -0.141.